The Hall–Kier alpha value is -2.26. The van der Waals surface area contributed by atoms with E-state index in [-0.39, 0.29) is 0 Å². The fourth-order valence-electron chi connectivity index (χ4n) is 2.48. The van der Waals surface area contributed by atoms with Gasteiger partial charge in [0.1, 0.15) is 5.75 Å². The molecule has 0 unspecified atom stereocenters. The van der Waals surface area contributed by atoms with Crippen molar-refractivity contribution in [2.75, 3.05) is 7.11 Å². The highest BCUT2D eigenvalue weighted by Gasteiger charge is 2.13. The number of aryl methyl sites for hydroxylation is 1. The van der Waals surface area contributed by atoms with E-state index in [0.29, 0.717) is 16.5 Å². The Morgan fingerprint density at radius 3 is 2.67 bits per heavy atom. The number of rotatable bonds is 3. The first kappa shape index (κ1) is 13.7. The number of aldehydes is 1. The van der Waals surface area contributed by atoms with Crippen LogP contribution in [0.3, 0.4) is 0 Å². The van der Waals surface area contributed by atoms with Crippen LogP contribution in [0, 0.1) is 6.92 Å². The highest BCUT2D eigenvalue weighted by Crippen LogP contribution is 2.33. The molecule has 0 amide bonds. The highest BCUT2D eigenvalue weighted by atomic mass is 35.5. The second kappa shape index (κ2) is 5.26. The molecule has 3 aromatic rings. The second-order valence-corrected chi connectivity index (χ2v) is 5.32. The Kier molecular flexibility index (Phi) is 3.43. The molecule has 0 atom stereocenters. The van der Waals surface area contributed by atoms with Crippen LogP contribution in [0.15, 0.2) is 42.6 Å². The van der Waals surface area contributed by atoms with E-state index in [0.717, 1.165) is 28.5 Å². The molecule has 1 aromatic carbocycles. The number of hydrogen-bond acceptors (Lipinski definition) is 2. The monoisotopic (exact) mass is 299 g/mol. The summed E-state index contributed by atoms with van der Waals surface area (Å²) in [5.41, 5.74) is 4.45. The van der Waals surface area contributed by atoms with Crippen LogP contribution in [0.5, 0.6) is 5.75 Å². The Morgan fingerprint density at radius 2 is 2.00 bits per heavy atom. The molecule has 0 fully saturated rings. The molecule has 0 aliphatic rings. The molecule has 0 aliphatic heterocycles. The largest absolute Gasteiger partial charge is 0.495 e. The fourth-order valence-corrected chi connectivity index (χ4v) is 2.74. The molecule has 0 N–H and O–H groups in total. The SMILES string of the molecule is COc1ccc(-c2cc3ccc(C)cn3c2C=O)cc1Cl. The molecular formula is C17H14ClNO2. The molecule has 0 saturated carbocycles. The number of pyridine rings is 1. The summed E-state index contributed by atoms with van der Waals surface area (Å²) in [5, 5.41) is 0.526. The average Bonchev–Trinajstić information content (AvgIpc) is 2.84. The Labute approximate surface area is 127 Å². The molecule has 21 heavy (non-hydrogen) atoms. The van der Waals surface area contributed by atoms with Crippen LogP contribution in [-0.2, 0) is 0 Å². The molecule has 0 saturated heterocycles. The molecule has 3 rings (SSSR count). The third kappa shape index (κ3) is 2.30. The quantitative estimate of drug-likeness (QED) is 0.672. The summed E-state index contributed by atoms with van der Waals surface area (Å²) in [6.45, 7) is 2.00. The Morgan fingerprint density at radius 1 is 1.19 bits per heavy atom. The lowest BCUT2D eigenvalue weighted by Crippen LogP contribution is -1.93. The predicted molar refractivity (Wildman–Crippen MR) is 84.5 cm³/mol. The van der Waals surface area contributed by atoms with Crippen molar-refractivity contribution < 1.29 is 9.53 Å². The van der Waals surface area contributed by atoms with Crippen LogP contribution in [0.4, 0.5) is 0 Å². The molecular weight excluding hydrogens is 286 g/mol. The van der Waals surface area contributed by atoms with Crippen LogP contribution >= 0.6 is 11.6 Å². The van der Waals surface area contributed by atoms with Crippen molar-refractivity contribution in [1.82, 2.24) is 4.40 Å². The Bertz CT molecular complexity index is 836. The summed E-state index contributed by atoms with van der Waals surface area (Å²) in [7, 11) is 1.58. The van der Waals surface area contributed by atoms with E-state index in [1.54, 1.807) is 13.2 Å². The number of carbonyl (C=O) groups excluding carboxylic acids is 1. The maximum Gasteiger partial charge on any atom is 0.167 e. The summed E-state index contributed by atoms with van der Waals surface area (Å²) in [4.78, 5) is 11.5. The second-order valence-electron chi connectivity index (χ2n) is 4.91. The maximum absolute atomic E-state index is 11.5. The smallest absolute Gasteiger partial charge is 0.167 e. The fraction of sp³-hybridized carbons (Fsp3) is 0.118. The van der Waals surface area contributed by atoms with Crippen LogP contribution in [-0.4, -0.2) is 17.8 Å². The summed E-state index contributed by atoms with van der Waals surface area (Å²) < 4.78 is 7.06. The van der Waals surface area contributed by atoms with E-state index >= 15 is 0 Å². The number of aromatic nitrogens is 1. The van der Waals surface area contributed by atoms with Crippen molar-refractivity contribution in [3.8, 4) is 16.9 Å². The van der Waals surface area contributed by atoms with Gasteiger partial charge in [-0.2, -0.15) is 0 Å². The molecule has 4 heteroatoms. The van der Waals surface area contributed by atoms with Gasteiger partial charge in [0.2, 0.25) is 0 Å². The first-order chi connectivity index (χ1) is 10.1. The van der Waals surface area contributed by atoms with Crippen LogP contribution in [0.2, 0.25) is 5.02 Å². The number of hydrogen-bond donors (Lipinski definition) is 0. The van der Waals surface area contributed by atoms with Crippen molar-refractivity contribution in [3.63, 3.8) is 0 Å². The van der Waals surface area contributed by atoms with Gasteiger partial charge < -0.3 is 9.14 Å². The predicted octanol–water partition coefficient (Wildman–Crippen LogP) is 4.39. The highest BCUT2D eigenvalue weighted by molar-refractivity contribution is 6.32. The molecule has 0 bridgehead atoms. The average molecular weight is 300 g/mol. The third-order valence-corrected chi connectivity index (χ3v) is 3.83. The van der Waals surface area contributed by atoms with Gasteiger partial charge in [0.05, 0.1) is 17.8 Å². The van der Waals surface area contributed by atoms with E-state index in [1.165, 1.54) is 0 Å². The minimum absolute atomic E-state index is 0.526. The van der Waals surface area contributed by atoms with Gasteiger partial charge in [-0.25, -0.2) is 0 Å². The zero-order valence-electron chi connectivity index (χ0n) is 11.8. The van der Waals surface area contributed by atoms with Crippen LogP contribution < -0.4 is 4.74 Å². The van der Waals surface area contributed by atoms with E-state index in [4.69, 9.17) is 16.3 Å². The van der Waals surface area contributed by atoms with Gasteiger partial charge in [0, 0.05) is 17.3 Å². The lowest BCUT2D eigenvalue weighted by Gasteiger charge is -2.06. The minimum atomic E-state index is 0.526. The lowest BCUT2D eigenvalue weighted by atomic mass is 10.1. The van der Waals surface area contributed by atoms with Crippen LogP contribution in [0.25, 0.3) is 16.6 Å². The number of methoxy groups -OCH3 is 1. The van der Waals surface area contributed by atoms with Gasteiger partial charge in [-0.15, -0.1) is 0 Å². The van der Waals surface area contributed by atoms with Crippen molar-refractivity contribution in [1.29, 1.82) is 0 Å². The van der Waals surface area contributed by atoms with Gasteiger partial charge in [-0.3, -0.25) is 4.79 Å². The van der Waals surface area contributed by atoms with Crippen molar-refractivity contribution in [2.24, 2.45) is 0 Å². The Balaban J connectivity index is 2.24. The van der Waals surface area contributed by atoms with Gasteiger partial charge in [-0.05, 0) is 42.3 Å². The van der Waals surface area contributed by atoms with E-state index < -0.39 is 0 Å². The number of fused-ring (bicyclic) bond motifs is 1. The molecule has 3 nitrogen and oxygen atoms in total. The standard InChI is InChI=1S/C17H14ClNO2/c1-11-3-5-13-8-14(16(10-20)19(13)9-11)12-4-6-17(21-2)15(18)7-12/h3-10H,1-2H3. The van der Waals surface area contributed by atoms with E-state index in [2.05, 4.69) is 0 Å². The topological polar surface area (TPSA) is 30.7 Å². The molecule has 106 valence electrons. The number of halogens is 1. The summed E-state index contributed by atoms with van der Waals surface area (Å²) in [5.74, 6) is 0.618. The van der Waals surface area contributed by atoms with Crippen molar-refractivity contribution in [3.05, 3.63) is 58.9 Å². The zero-order valence-corrected chi connectivity index (χ0v) is 12.5. The van der Waals surface area contributed by atoms with E-state index in [1.807, 2.05) is 47.9 Å². The van der Waals surface area contributed by atoms with E-state index in [9.17, 15) is 4.79 Å². The number of nitrogens with zero attached hydrogens (tertiary/aromatic N) is 1. The van der Waals surface area contributed by atoms with Gasteiger partial charge in [0.15, 0.2) is 6.29 Å². The zero-order chi connectivity index (χ0) is 15.0. The first-order valence-electron chi connectivity index (χ1n) is 6.55. The molecule has 0 radical (unpaired) electrons. The summed E-state index contributed by atoms with van der Waals surface area (Å²) in [6, 6.07) is 11.5. The minimum Gasteiger partial charge on any atom is -0.495 e. The maximum atomic E-state index is 11.5. The summed E-state index contributed by atoms with van der Waals surface area (Å²) in [6.07, 6.45) is 2.83. The van der Waals surface area contributed by atoms with Gasteiger partial charge in [-0.1, -0.05) is 23.7 Å². The van der Waals surface area contributed by atoms with Crippen molar-refractivity contribution in [2.45, 2.75) is 6.92 Å². The molecule has 2 heterocycles. The van der Waals surface area contributed by atoms with Crippen molar-refractivity contribution >= 4 is 23.4 Å². The number of benzene rings is 1. The normalized spacial score (nSPS) is 10.8. The lowest BCUT2D eigenvalue weighted by molar-refractivity contribution is 0.111. The molecule has 0 spiro atoms. The molecule has 2 aromatic heterocycles. The number of ether oxygens (including phenoxy) is 1. The van der Waals surface area contributed by atoms with Gasteiger partial charge >= 0.3 is 0 Å². The molecule has 0 aliphatic carbocycles. The number of carbonyl (C=O) groups is 1. The summed E-state index contributed by atoms with van der Waals surface area (Å²) >= 11 is 6.18. The van der Waals surface area contributed by atoms with Gasteiger partial charge in [0.25, 0.3) is 0 Å². The van der Waals surface area contributed by atoms with Crippen LogP contribution in [0.1, 0.15) is 16.1 Å². The first-order valence-corrected chi connectivity index (χ1v) is 6.92. The third-order valence-electron chi connectivity index (χ3n) is 3.53.